The van der Waals surface area contributed by atoms with Crippen molar-refractivity contribution in [2.24, 2.45) is 0 Å². The second kappa shape index (κ2) is 2.88. The molecule has 0 aliphatic rings. The van der Waals surface area contributed by atoms with Crippen molar-refractivity contribution in [1.82, 2.24) is 0 Å². The highest BCUT2D eigenvalue weighted by Crippen LogP contribution is 2.29. The van der Waals surface area contributed by atoms with E-state index in [4.69, 9.17) is 11.7 Å². The third-order valence-electron chi connectivity index (χ3n) is 1.28. The maximum Gasteiger partial charge on any atom is 0.308 e. The average Bonchev–Trinajstić information content (AvgIpc) is 2.03. The van der Waals surface area contributed by atoms with Gasteiger partial charge >= 0.3 is 5.69 Å². The van der Waals surface area contributed by atoms with Crippen molar-refractivity contribution in [3.8, 4) is 5.75 Å². The molecule has 0 saturated heterocycles. The molecular formula is C7H4N2O3. The first-order chi connectivity index (χ1) is 5.65. The Labute approximate surface area is 67.8 Å². The first kappa shape index (κ1) is 8.01. The molecule has 0 bridgehead atoms. The van der Waals surface area contributed by atoms with Crippen LogP contribution in [0, 0.1) is 16.7 Å². The number of rotatable bonds is 1. The van der Waals surface area contributed by atoms with Crippen LogP contribution >= 0.6 is 0 Å². The van der Waals surface area contributed by atoms with Gasteiger partial charge in [0.2, 0.25) is 0 Å². The normalized spacial score (nSPS) is 8.92. The van der Waals surface area contributed by atoms with Gasteiger partial charge in [0.25, 0.3) is 0 Å². The summed E-state index contributed by atoms with van der Waals surface area (Å²) in [5.41, 5.74) is -0.208. The van der Waals surface area contributed by atoms with Gasteiger partial charge in [-0.25, -0.2) is 4.85 Å². The van der Waals surface area contributed by atoms with E-state index in [1.807, 2.05) is 0 Å². The average molecular weight is 164 g/mol. The number of hydrogen-bond donors (Lipinski definition) is 1. The number of nitro benzene ring substituents is 1. The van der Waals surface area contributed by atoms with Crippen molar-refractivity contribution in [2.75, 3.05) is 0 Å². The van der Waals surface area contributed by atoms with Crippen molar-refractivity contribution in [2.45, 2.75) is 0 Å². The molecule has 5 nitrogen and oxygen atoms in total. The Balaban J connectivity index is 3.23. The van der Waals surface area contributed by atoms with Crippen LogP contribution in [0.4, 0.5) is 11.4 Å². The van der Waals surface area contributed by atoms with Crippen LogP contribution in [0.15, 0.2) is 18.2 Å². The summed E-state index contributed by atoms with van der Waals surface area (Å²) < 4.78 is 0. The molecule has 0 aliphatic carbocycles. The van der Waals surface area contributed by atoms with Crippen molar-refractivity contribution in [3.63, 3.8) is 0 Å². The monoisotopic (exact) mass is 164 g/mol. The molecule has 0 fully saturated rings. The Morgan fingerprint density at radius 1 is 1.58 bits per heavy atom. The summed E-state index contributed by atoms with van der Waals surface area (Å²) in [6, 6.07) is 3.44. The Kier molecular flexibility index (Phi) is 1.92. The van der Waals surface area contributed by atoms with E-state index in [-0.39, 0.29) is 11.4 Å². The number of aromatic hydroxyl groups is 1. The zero-order valence-electron chi connectivity index (χ0n) is 5.89. The molecule has 0 aromatic heterocycles. The minimum atomic E-state index is -0.705. The Hall–Kier alpha value is -2.09. The van der Waals surface area contributed by atoms with E-state index < -0.39 is 10.7 Å². The van der Waals surface area contributed by atoms with Crippen LogP contribution in [0.3, 0.4) is 0 Å². The van der Waals surface area contributed by atoms with Gasteiger partial charge in [-0.15, -0.1) is 0 Å². The van der Waals surface area contributed by atoms with Gasteiger partial charge in [-0.05, 0) is 12.1 Å². The van der Waals surface area contributed by atoms with E-state index in [0.29, 0.717) is 0 Å². The number of nitrogens with zero attached hydrogens (tertiary/aromatic N) is 2. The quantitative estimate of drug-likeness (QED) is 0.391. The van der Waals surface area contributed by atoms with Crippen LogP contribution in [-0.4, -0.2) is 10.0 Å². The lowest BCUT2D eigenvalue weighted by Crippen LogP contribution is -1.86. The lowest BCUT2D eigenvalue weighted by Gasteiger charge is -1.94. The van der Waals surface area contributed by atoms with E-state index >= 15 is 0 Å². The highest BCUT2D eigenvalue weighted by Gasteiger charge is 2.11. The molecule has 0 aliphatic heterocycles. The van der Waals surface area contributed by atoms with Crippen LogP contribution in [0.2, 0.25) is 0 Å². The topological polar surface area (TPSA) is 67.7 Å². The summed E-state index contributed by atoms with van der Waals surface area (Å²) in [5.74, 6) is -0.478. The molecule has 1 aromatic carbocycles. The Morgan fingerprint density at radius 2 is 2.25 bits per heavy atom. The maximum atomic E-state index is 10.2. The number of phenolic OH excluding ortho intramolecular Hbond substituents is 1. The van der Waals surface area contributed by atoms with E-state index in [1.165, 1.54) is 6.07 Å². The largest absolute Gasteiger partial charge is 0.503 e. The van der Waals surface area contributed by atoms with E-state index in [2.05, 4.69) is 4.85 Å². The fraction of sp³-hybridized carbons (Fsp3) is 0. The predicted octanol–water partition coefficient (Wildman–Crippen LogP) is 1.85. The SMILES string of the molecule is [C-]#[N+]c1ccc([N+](=O)[O-])c(O)c1. The minimum Gasteiger partial charge on any atom is -0.503 e. The standard InChI is InChI=1S/C7H4N2O3/c1-8-5-2-3-6(9(11)12)7(10)4-5/h2-4,10H. The summed E-state index contributed by atoms with van der Waals surface area (Å²) in [6.07, 6.45) is 0. The van der Waals surface area contributed by atoms with Gasteiger partial charge < -0.3 is 5.11 Å². The van der Waals surface area contributed by atoms with E-state index in [1.54, 1.807) is 0 Å². The summed E-state index contributed by atoms with van der Waals surface area (Å²) in [4.78, 5) is 12.5. The second-order valence-electron chi connectivity index (χ2n) is 2.04. The molecule has 5 heteroatoms. The molecule has 0 saturated carbocycles. The van der Waals surface area contributed by atoms with Crippen LogP contribution in [0.5, 0.6) is 5.75 Å². The van der Waals surface area contributed by atoms with Crippen molar-refractivity contribution in [3.05, 3.63) is 39.7 Å². The Bertz CT molecular complexity index is 367. The van der Waals surface area contributed by atoms with Gasteiger partial charge in [0.05, 0.1) is 11.5 Å². The molecule has 0 radical (unpaired) electrons. The van der Waals surface area contributed by atoms with Crippen molar-refractivity contribution >= 4 is 11.4 Å². The fourth-order valence-electron chi connectivity index (χ4n) is 0.736. The molecule has 12 heavy (non-hydrogen) atoms. The molecule has 1 aromatic rings. The highest BCUT2D eigenvalue weighted by molar-refractivity contribution is 5.57. The smallest absolute Gasteiger partial charge is 0.308 e. The molecule has 60 valence electrons. The molecule has 0 unspecified atom stereocenters. The molecule has 0 atom stereocenters. The zero-order valence-corrected chi connectivity index (χ0v) is 5.89. The predicted molar refractivity (Wildman–Crippen MR) is 41.0 cm³/mol. The van der Waals surface area contributed by atoms with Gasteiger partial charge in [0.15, 0.2) is 11.4 Å². The highest BCUT2D eigenvalue weighted by atomic mass is 16.6. The van der Waals surface area contributed by atoms with E-state index in [9.17, 15) is 10.1 Å². The van der Waals surface area contributed by atoms with Crippen LogP contribution < -0.4 is 0 Å². The van der Waals surface area contributed by atoms with Crippen LogP contribution in [0.1, 0.15) is 0 Å². The molecular weight excluding hydrogens is 160 g/mol. The van der Waals surface area contributed by atoms with Gasteiger partial charge in [0.1, 0.15) is 0 Å². The third kappa shape index (κ3) is 1.32. The van der Waals surface area contributed by atoms with E-state index in [0.717, 1.165) is 12.1 Å². The van der Waals surface area contributed by atoms with Crippen LogP contribution in [0.25, 0.3) is 4.85 Å². The number of benzene rings is 1. The summed E-state index contributed by atoms with van der Waals surface area (Å²) >= 11 is 0. The summed E-state index contributed by atoms with van der Waals surface area (Å²) in [6.45, 7) is 6.56. The molecule has 0 heterocycles. The molecule has 1 N–H and O–H groups in total. The molecule has 0 amide bonds. The summed E-state index contributed by atoms with van der Waals surface area (Å²) in [7, 11) is 0. The van der Waals surface area contributed by atoms with Crippen molar-refractivity contribution < 1.29 is 10.0 Å². The fourth-order valence-corrected chi connectivity index (χ4v) is 0.736. The third-order valence-corrected chi connectivity index (χ3v) is 1.28. The van der Waals surface area contributed by atoms with Gasteiger partial charge in [0, 0.05) is 6.07 Å². The number of hydrogen-bond acceptors (Lipinski definition) is 3. The lowest BCUT2D eigenvalue weighted by molar-refractivity contribution is -0.385. The maximum absolute atomic E-state index is 10.2. The lowest BCUT2D eigenvalue weighted by atomic mass is 10.2. The number of nitro groups is 1. The minimum absolute atomic E-state index is 0.179. The number of phenols is 1. The van der Waals surface area contributed by atoms with Crippen LogP contribution in [-0.2, 0) is 0 Å². The summed E-state index contributed by atoms with van der Waals surface area (Å²) in [5, 5.41) is 19.2. The Morgan fingerprint density at radius 3 is 2.67 bits per heavy atom. The van der Waals surface area contributed by atoms with Gasteiger partial charge in [-0.3, -0.25) is 10.1 Å². The van der Waals surface area contributed by atoms with Crippen molar-refractivity contribution in [1.29, 1.82) is 0 Å². The first-order valence-corrected chi connectivity index (χ1v) is 3.00. The molecule has 1 rings (SSSR count). The second-order valence-corrected chi connectivity index (χ2v) is 2.04. The first-order valence-electron chi connectivity index (χ1n) is 3.00. The van der Waals surface area contributed by atoms with Gasteiger partial charge in [-0.2, -0.15) is 0 Å². The molecule has 0 spiro atoms. The zero-order chi connectivity index (χ0) is 9.14. The van der Waals surface area contributed by atoms with Gasteiger partial charge in [-0.1, -0.05) is 0 Å².